The summed E-state index contributed by atoms with van der Waals surface area (Å²) in [5.74, 6) is -0.167. The van der Waals surface area contributed by atoms with Crippen molar-refractivity contribution in [2.75, 3.05) is 45.9 Å². The molecular weight excluding hydrogens is 462 g/mol. The Bertz CT molecular complexity index is 1330. The number of carbonyl (C=O) groups is 2. The second kappa shape index (κ2) is 9.03. The molecule has 3 aromatic rings. The topological polar surface area (TPSA) is 112 Å². The van der Waals surface area contributed by atoms with Gasteiger partial charge in [-0.25, -0.2) is 0 Å². The van der Waals surface area contributed by atoms with Crippen LogP contribution in [0.3, 0.4) is 0 Å². The van der Waals surface area contributed by atoms with E-state index in [1.165, 1.54) is 12.1 Å². The van der Waals surface area contributed by atoms with Gasteiger partial charge in [0.15, 0.2) is 0 Å². The van der Waals surface area contributed by atoms with Crippen LogP contribution in [0.2, 0.25) is 0 Å². The lowest BCUT2D eigenvalue weighted by Gasteiger charge is -2.47. The van der Waals surface area contributed by atoms with Gasteiger partial charge < -0.3 is 19.5 Å². The van der Waals surface area contributed by atoms with Gasteiger partial charge >= 0.3 is 0 Å². The van der Waals surface area contributed by atoms with Crippen LogP contribution in [0.4, 0.5) is 5.69 Å². The lowest BCUT2D eigenvalue weighted by atomic mass is 9.86. The van der Waals surface area contributed by atoms with Gasteiger partial charge in [0, 0.05) is 61.3 Å². The monoisotopic (exact) mass is 489 g/mol. The number of H-pyrrole nitrogens is 1. The summed E-state index contributed by atoms with van der Waals surface area (Å²) >= 11 is 0. The van der Waals surface area contributed by atoms with Crippen LogP contribution in [-0.2, 0) is 20.7 Å². The Morgan fingerprint density at radius 1 is 1.03 bits per heavy atom. The van der Waals surface area contributed by atoms with E-state index < -0.39 is 17.0 Å². The van der Waals surface area contributed by atoms with Crippen LogP contribution in [0.5, 0.6) is 0 Å². The Kier molecular flexibility index (Phi) is 5.69. The third kappa shape index (κ3) is 3.82. The van der Waals surface area contributed by atoms with Crippen LogP contribution in [0, 0.1) is 10.1 Å². The van der Waals surface area contributed by atoms with Gasteiger partial charge in [0.1, 0.15) is 6.04 Å². The molecule has 3 aliphatic rings. The molecule has 1 aromatic heterocycles. The number of aromatic nitrogens is 1. The van der Waals surface area contributed by atoms with Gasteiger partial charge in [-0.2, -0.15) is 0 Å². The van der Waals surface area contributed by atoms with Gasteiger partial charge in [0.2, 0.25) is 11.8 Å². The standard InChI is InChI=1S/C26H27N5O5/c32-23-16-29(10-9-28-11-13-36-14-12-28)26(33)22-15-20-19-3-1-2-4-21(19)27-24(20)25(30(22)23)17-5-7-18(8-6-17)31(34)35/h1-8,22,25,27H,9-16H2. The zero-order valence-electron chi connectivity index (χ0n) is 19.8. The van der Waals surface area contributed by atoms with E-state index in [9.17, 15) is 19.7 Å². The van der Waals surface area contributed by atoms with E-state index >= 15 is 0 Å². The summed E-state index contributed by atoms with van der Waals surface area (Å²) in [7, 11) is 0. The molecular formula is C26H27N5O5. The summed E-state index contributed by atoms with van der Waals surface area (Å²) in [4.78, 5) is 47.2. The summed E-state index contributed by atoms with van der Waals surface area (Å²) in [5, 5.41) is 12.2. The lowest BCUT2D eigenvalue weighted by molar-refractivity contribution is -0.384. The van der Waals surface area contributed by atoms with Crippen LogP contribution in [0.1, 0.15) is 22.9 Å². The molecule has 36 heavy (non-hydrogen) atoms. The highest BCUT2D eigenvalue weighted by Crippen LogP contribution is 2.42. The minimum absolute atomic E-state index is 0.0154. The first kappa shape index (κ1) is 22.7. The van der Waals surface area contributed by atoms with Crippen molar-refractivity contribution in [3.8, 4) is 0 Å². The molecule has 1 N–H and O–H groups in total. The summed E-state index contributed by atoms with van der Waals surface area (Å²) in [5.41, 5.74) is 3.55. The zero-order valence-corrected chi connectivity index (χ0v) is 19.8. The van der Waals surface area contributed by atoms with Crippen molar-refractivity contribution in [2.24, 2.45) is 0 Å². The molecule has 0 spiro atoms. The summed E-state index contributed by atoms with van der Waals surface area (Å²) in [6.07, 6.45) is 0.432. The average molecular weight is 490 g/mol. The third-order valence-electron chi connectivity index (χ3n) is 7.55. The number of aromatic amines is 1. The second-order valence-electron chi connectivity index (χ2n) is 9.55. The quantitative estimate of drug-likeness (QED) is 0.434. The smallest absolute Gasteiger partial charge is 0.269 e. The first-order valence-electron chi connectivity index (χ1n) is 12.2. The number of benzene rings is 2. The molecule has 3 aliphatic heterocycles. The fourth-order valence-corrected chi connectivity index (χ4v) is 5.72. The zero-order chi connectivity index (χ0) is 24.8. The molecule has 2 atom stereocenters. The largest absolute Gasteiger partial charge is 0.379 e. The molecule has 2 saturated heterocycles. The molecule has 0 aliphatic carbocycles. The Morgan fingerprint density at radius 2 is 1.78 bits per heavy atom. The number of para-hydroxylation sites is 1. The number of non-ortho nitro benzene ring substituents is 1. The highest BCUT2D eigenvalue weighted by molar-refractivity contribution is 5.97. The molecule has 10 heteroatoms. The number of amides is 2. The van der Waals surface area contributed by atoms with Crippen molar-refractivity contribution in [1.29, 1.82) is 0 Å². The maximum absolute atomic E-state index is 13.8. The second-order valence-corrected chi connectivity index (χ2v) is 9.55. The van der Waals surface area contributed by atoms with Crippen LogP contribution in [0.15, 0.2) is 48.5 Å². The van der Waals surface area contributed by atoms with Crippen LogP contribution < -0.4 is 0 Å². The van der Waals surface area contributed by atoms with Gasteiger partial charge in [-0.3, -0.25) is 24.6 Å². The highest BCUT2D eigenvalue weighted by Gasteiger charge is 2.48. The molecule has 0 bridgehead atoms. The van der Waals surface area contributed by atoms with Crippen molar-refractivity contribution in [3.05, 3.63) is 75.5 Å². The molecule has 4 heterocycles. The Hall–Kier alpha value is -3.76. The molecule has 10 nitrogen and oxygen atoms in total. The Morgan fingerprint density at radius 3 is 2.53 bits per heavy atom. The van der Waals surface area contributed by atoms with E-state index in [1.807, 2.05) is 24.3 Å². The Labute approximate surface area is 207 Å². The first-order chi connectivity index (χ1) is 17.5. The fraction of sp³-hybridized carbons (Fsp3) is 0.385. The minimum Gasteiger partial charge on any atom is -0.379 e. The maximum Gasteiger partial charge on any atom is 0.269 e. The molecule has 2 amide bonds. The Balaban J connectivity index is 1.37. The van der Waals surface area contributed by atoms with Crippen molar-refractivity contribution in [2.45, 2.75) is 18.5 Å². The highest BCUT2D eigenvalue weighted by atomic mass is 16.6. The molecule has 6 rings (SSSR count). The minimum atomic E-state index is -0.622. The predicted molar refractivity (Wildman–Crippen MR) is 131 cm³/mol. The molecule has 186 valence electrons. The summed E-state index contributed by atoms with van der Waals surface area (Å²) < 4.78 is 5.41. The van der Waals surface area contributed by atoms with Gasteiger partial charge in [-0.15, -0.1) is 0 Å². The lowest BCUT2D eigenvalue weighted by Crippen LogP contribution is -2.63. The van der Waals surface area contributed by atoms with E-state index in [-0.39, 0.29) is 24.0 Å². The van der Waals surface area contributed by atoms with Gasteiger partial charge in [-0.05, 0) is 29.3 Å². The van der Waals surface area contributed by atoms with Gasteiger partial charge in [0.05, 0.1) is 30.7 Å². The summed E-state index contributed by atoms with van der Waals surface area (Å²) in [6, 6.07) is 13.0. The van der Waals surface area contributed by atoms with E-state index in [0.717, 1.165) is 40.8 Å². The summed E-state index contributed by atoms with van der Waals surface area (Å²) in [6.45, 7) is 4.25. The number of nitro benzene ring substituents is 1. The third-order valence-corrected chi connectivity index (χ3v) is 7.55. The maximum atomic E-state index is 13.8. The number of fused-ring (bicyclic) bond motifs is 4. The number of carbonyl (C=O) groups excluding carboxylic acids is 2. The van der Waals surface area contributed by atoms with E-state index in [4.69, 9.17) is 4.74 Å². The van der Waals surface area contributed by atoms with Crippen molar-refractivity contribution < 1.29 is 19.2 Å². The number of morpholine rings is 1. The number of rotatable bonds is 5. The average Bonchev–Trinajstić information content (AvgIpc) is 3.28. The number of nitro groups is 1. The molecule has 2 unspecified atom stereocenters. The number of nitrogens with zero attached hydrogens (tertiary/aromatic N) is 4. The first-order valence-corrected chi connectivity index (χ1v) is 12.2. The predicted octanol–water partition coefficient (Wildman–Crippen LogP) is 2.09. The molecule has 0 saturated carbocycles. The normalized spacial score (nSPS) is 22.6. The number of hydrogen-bond acceptors (Lipinski definition) is 6. The van der Waals surface area contributed by atoms with E-state index in [1.54, 1.807) is 21.9 Å². The molecule has 2 aromatic carbocycles. The number of ether oxygens (including phenoxy) is 1. The van der Waals surface area contributed by atoms with Crippen LogP contribution >= 0.6 is 0 Å². The molecule has 2 fully saturated rings. The van der Waals surface area contributed by atoms with Crippen molar-refractivity contribution in [3.63, 3.8) is 0 Å². The molecule has 0 radical (unpaired) electrons. The van der Waals surface area contributed by atoms with Gasteiger partial charge in [0.25, 0.3) is 5.69 Å². The van der Waals surface area contributed by atoms with Crippen molar-refractivity contribution >= 4 is 28.4 Å². The number of hydrogen-bond donors (Lipinski definition) is 1. The number of nitrogens with one attached hydrogen (secondary N) is 1. The van der Waals surface area contributed by atoms with E-state index in [0.29, 0.717) is 32.7 Å². The van der Waals surface area contributed by atoms with E-state index in [2.05, 4.69) is 9.88 Å². The van der Waals surface area contributed by atoms with Gasteiger partial charge in [-0.1, -0.05) is 18.2 Å². The van der Waals surface area contributed by atoms with Crippen LogP contribution in [0.25, 0.3) is 10.9 Å². The van der Waals surface area contributed by atoms with Crippen molar-refractivity contribution in [1.82, 2.24) is 19.7 Å². The number of piperazine rings is 1. The SMILES string of the molecule is O=C1C2Cc3c([nH]c4ccccc34)C(c3ccc([N+](=O)[O-])cc3)N2C(=O)CN1CCN1CCOCC1. The van der Waals surface area contributed by atoms with Crippen LogP contribution in [-0.4, -0.2) is 88.4 Å². The fourth-order valence-electron chi connectivity index (χ4n) is 5.72.